The second kappa shape index (κ2) is 6.49. The van der Waals surface area contributed by atoms with Crippen molar-refractivity contribution < 1.29 is 4.79 Å². The lowest BCUT2D eigenvalue weighted by Crippen LogP contribution is -2.26. The minimum atomic E-state index is -0.198. The van der Waals surface area contributed by atoms with Crippen molar-refractivity contribution in [3.63, 3.8) is 0 Å². The van der Waals surface area contributed by atoms with Crippen molar-refractivity contribution in [3.8, 4) is 10.6 Å². The Morgan fingerprint density at radius 3 is 2.32 bits per heavy atom. The van der Waals surface area contributed by atoms with Crippen LogP contribution in [0.25, 0.3) is 10.6 Å². The summed E-state index contributed by atoms with van der Waals surface area (Å²) in [5.41, 5.74) is 2.03. The Labute approximate surface area is 132 Å². The topological polar surface area (TPSA) is 54.9 Å². The smallest absolute Gasteiger partial charge is 0.282 e. The molecule has 0 saturated carbocycles. The third-order valence-corrected chi connectivity index (χ3v) is 4.26. The molecule has 0 aliphatic rings. The maximum absolute atomic E-state index is 12.3. The third-order valence-electron chi connectivity index (χ3n) is 3.29. The molecule has 5 heteroatoms. The third kappa shape index (κ3) is 3.20. The Kier molecular flexibility index (Phi) is 4.25. The van der Waals surface area contributed by atoms with Crippen LogP contribution in [-0.2, 0) is 0 Å². The van der Waals surface area contributed by atoms with Crippen LogP contribution in [0.4, 0.5) is 0 Å². The minimum absolute atomic E-state index is 0.0715. The fourth-order valence-electron chi connectivity index (χ4n) is 2.10. The molecule has 0 aliphatic heterocycles. The highest BCUT2D eigenvalue weighted by Crippen LogP contribution is 2.23. The highest BCUT2D eigenvalue weighted by molar-refractivity contribution is 7.16. The Morgan fingerprint density at radius 1 is 1.00 bits per heavy atom. The predicted octanol–water partition coefficient (Wildman–Crippen LogP) is 3.70. The molecule has 22 heavy (non-hydrogen) atoms. The van der Waals surface area contributed by atoms with Gasteiger partial charge in [-0.2, -0.15) is 0 Å². The summed E-state index contributed by atoms with van der Waals surface area (Å²) in [6.45, 7) is 1.95. The number of nitrogens with zero attached hydrogens (tertiary/aromatic N) is 2. The first-order chi connectivity index (χ1) is 10.7. The molecule has 2 aromatic carbocycles. The maximum atomic E-state index is 12.3. The van der Waals surface area contributed by atoms with E-state index in [2.05, 4.69) is 15.5 Å². The molecule has 4 nitrogen and oxygen atoms in total. The van der Waals surface area contributed by atoms with Crippen LogP contribution in [0.15, 0.2) is 60.7 Å². The molecular formula is C17H15N3OS. The SMILES string of the molecule is C[C@H](NC(=O)c1nnc(-c2ccccc2)s1)c1ccccc1. The van der Waals surface area contributed by atoms with Gasteiger partial charge in [0.15, 0.2) is 0 Å². The van der Waals surface area contributed by atoms with Gasteiger partial charge in [-0.3, -0.25) is 4.79 Å². The summed E-state index contributed by atoms with van der Waals surface area (Å²) in [6.07, 6.45) is 0. The summed E-state index contributed by atoms with van der Waals surface area (Å²) in [5.74, 6) is -0.198. The number of carbonyl (C=O) groups is 1. The summed E-state index contributed by atoms with van der Waals surface area (Å²) in [5, 5.41) is 12.2. The number of carbonyl (C=O) groups excluding carboxylic acids is 1. The second-order valence-electron chi connectivity index (χ2n) is 4.88. The number of hydrogen-bond donors (Lipinski definition) is 1. The lowest BCUT2D eigenvalue weighted by atomic mass is 10.1. The van der Waals surface area contributed by atoms with Gasteiger partial charge < -0.3 is 5.32 Å². The average molecular weight is 309 g/mol. The molecule has 0 fully saturated rings. The van der Waals surface area contributed by atoms with Crippen molar-refractivity contribution in [2.24, 2.45) is 0 Å². The normalized spacial score (nSPS) is 11.9. The van der Waals surface area contributed by atoms with Crippen LogP contribution in [0.5, 0.6) is 0 Å². The first-order valence-electron chi connectivity index (χ1n) is 6.99. The van der Waals surface area contributed by atoms with Gasteiger partial charge in [0.05, 0.1) is 6.04 Å². The summed E-state index contributed by atoms with van der Waals surface area (Å²) in [6, 6.07) is 19.5. The monoisotopic (exact) mass is 309 g/mol. The standard InChI is InChI=1S/C17H15N3OS/c1-12(13-8-4-2-5-9-13)18-15(21)17-20-19-16(22-17)14-10-6-3-7-11-14/h2-12H,1H3,(H,18,21)/t12-/m0/s1. The van der Waals surface area contributed by atoms with Gasteiger partial charge in [-0.05, 0) is 12.5 Å². The summed E-state index contributed by atoms with van der Waals surface area (Å²) >= 11 is 1.30. The van der Waals surface area contributed by atoms with E-state index < -0.39 is 0 Å². The van der Waals surface area contributed by atoms with Crippen molar-refractivity contribution in [1.29, 1.82) is 0 Å². The Bertz CT molecular complexity index is 756. The van der Waals surface area contributed by atoms with Crippen molar-refractivity contribution in [1.82, 2.24) is 15.5 Å². The first-order valence-corrected chi connectivity index (χ1v) is 7.80. The van der Waals surface area contributed by atoms with Crippen molar-refractivity contribution in [3.05, 3.63) is 71.2 Å². The number of amides is 1. The zero-order valence-electron chi connectivity index (χ0n) is 12.1. The molecule has 3 rings (SSSR count). The van der Waals surface area contributed by atoms with E-state index in [0.717, 1.165) is 16.1 Å². The van der Waals surface area contributed by atoms with Crippen LogP contribution in [0.3, 0.4) is 0 Å². The average Bonchev–Trinajstić information content (AvgIpc) is 3.06. The molecule has 1 aromatic heterocycles. The van der Waals surface area contributed by atoms with Gasteiger partial charge in [0.2, 0.25) is 5.01 Å². The summed E-state index contributed by atoms with van der Waals surface area (Å²) in [4.78, 5) is 12.3. The molecule has 0 aliphatic carbocycles. The van der Waals surface area contributed by atoms with E-state index in [1.165, 1.54) is 11.3 Å². The maximum Gasteiger partial charge on any atom is 0.282 e. The Balaban J connectivity index is 1.72. The molecule has 1 N–H and O–H groups in total. The molecule has 0 bridgehead atoms. The van der Waals surface area contributed by atoms with Crippen LogP contribution in [0.2, 0.25) is 0 Å². The van der Waals surface area contributed by atoms with Gasteiger partial charge in [-0.1, -0.05) is 72.0 Å². The van der Waals surface area contributed by atoms with E-state index in [-0.39, 0.29) is 11.9 Å². The molecule has 110 valence electrons. The molecule has 1 amide bonds. The first kappa shape index (κ1) is 14.4. The summed E-state index contributed by atoms with van der Waals surface area (Å²) < 4.78 is 0. The van der Waals surface area contributed by atoms with E-state index in [1.54, 1.807) is 0 Å². The fraction of sp³-hybridized carbons (Fsp3) is 0.118. The van der Waals surface area contributed by atoms with E-state index in [4.69, 9.17) is 0 Å². The lowest BCUT2D eigenvalue weighted by Gasteiger charge is -2.12. The zero-order chi connectivity index (χ0) is 15.4. The molecule has 3 aromatic rings. The molecule has 0 saturated heterocycles. The fourth-order valence-corrected chi connectivity index (χ4v) is 2.85. The van der Waals surface area contributed by atoms with E-state index in [1.807, 2.05) is 67.6 Å². The lowest BCUT2D eigenvalue weighted by molar-refractivity contribution is 0.0939. The molecular weight excluding hydrogens is 294 g/mol. The summed E-state index contributed by atoms with van der Waals surface area (Å²) in [7, 11) is 0. The highest BCUT2D eigenvalue weighted by Gasteiger charge is 2.16. The number of benzene rings is 2. The zero-order valence-corrected chi connectivity index (χ0v) is 12.9. The van der Waals surface area contributed by atoms with Gasteiger partial charge in [0, 0.05) is 5.56 Å². The van der Waals surface area contributed by atoms with Crippen LogP contribution in [-0.4, -0.2) is 16.1 Å². The molecule has 0 radical (unpaired) electrons. The number of aromatic nitrogens is 2. The molecule has 1 atom stereocenters. The van der Waals surface area contributed by atoms with Crippen LogP contribution < -0.4 is 5.32 Å². The van der Waals surface area contributed by atoms with Crippen molar-refractivity contribution in [2.45, 2.75) is 13.0 Å². The quantitative estimate of drug-likeness (QED) is 0.799. The van der Waals surface area contributed by atoms with Gasteiger partial charge in [-0.25, -0.2) is 0 Å². The minimum Gasteiger partial charge on any atom is -0.343 e. The van der Waals surface area contributed by atoms with Crippen LogP contribution in [0.1, 0.15) is 28.3 Å². The molecule has 0 unspecified atom stereocenters. The Hall–Kier alpha value is -2.53. The van der Waals surface area contributed by atoms with Gasteiger partial charge in [-0.15, -0.1) is 10.2 Å². The second-order valence-corrected chi connectivity index (χ2v) is 5.86. The number of hydrogen-bond acceptors (Lipinski definition) is 4. The number of rotatable bonds is 4. The largest absolute Gasteiger partial charge is 0.343 e. The van der Waals surface area contributed by atoms with Gasteiger partial charge in [0.1, 0.15) is 5.01 Å². The van der Waals surface area contributed by atoms with Crippen molar-refractivity contribution in [2.75, 3.05) is 0 Å². The molecule has 0 spiro atoms. The highest BCUT2D eigenvalue weighted by atomic mass is 32.1. The van der Waals surface area contributed by atoms with Crippen LogP contribution in [0, 0.1) is 0 Å². The predicted molar refractivity (Wildman–Crippen MR) is 87.7 cm³/mol. The number of nitrogens with one attached hydrogen (secondary N) is 1. The van der Waals surface area contributed by atoms with E-state index in [0.29, 0.717) is 5.01 Å². The van der Waals surface area contributed by atoms with Gasteiger partial charge >= 0.3 is 0 Å². The van der Waals surface area contributed by atoms with Gasteiger partial charge in [0.25, 0.3) is 5.91 Å². The van der Waals surface area contributed by atoms with E-state index in [9.17, 15) is 4.79 Å². The molecule has 1 heterocycles. The van der Waals surface area contributed by atoms with E-state index >= 15 is 0 Å². The van der Waals surface area contributed by atoms with Crippen molar-refractivity contribution >= 4 is 17.2 Å². The van der Waals surface area contributed by atoms with Crippen LogP contribution >= 0.6 is 11.3 Å². The Morgan fingerprint density at radius 2 is 1.64 bits per heavy atom.